The molecule has 0 N–H and O–H groups in total. The minimum Gasteiger partial charge on any atom is -0.384 e. The lowest BCUT2D eigenvalue weighted by atomic mass is 9.88. The Morgan fingerprint density at radius 1 is 1.40 bits per heavy atom. The first-order valence-corrected chi connectivity index (χ1v) is 6.69. The van der Waals surface area contributed by atoms with Gasteiger partial charge in [0.15, 0.2) is 11.9 Å². The van der Waals surface area contributed by atoms with Crippen molar-refractivity contribution in [1.82, 2.24) is 14.5 Å². The number of fused-ring (bicyclic) bond motifs is 1. The molecule has 108 valence electrons. The fraction of sp³-hybridized carbons (Fsp3) is 0.533. The Bertz CT molecular complexity index is 639. The summed E-state index contributed by atoms with van der Waals surface area (Å²) >= 11 is 0. The molecule has 0 unspecified atom stereocenters. The van der Waals surface area contributed by atoms with Crippen LogP contribution in [0.15, 0.2) is 6.20 Å². The zero-order chi connectivity index (χ0) is 14.9. The van der Waals surface area contributed by atoms with Crippen LogP contribution in [0, 0.1) is 0 Å². The third-order valence-electron chi connectivity index (χ3n) is 3.38. The number of hydrogen-bond donors (Lipinski definition) is 0. The van der Waals surface area contributed by atoms with Gasteiger partial charge in [-0.2, -0.15) is 0 Å². The summed E-state index contributed by atoms with van der Waals surface area (Å²) in [5, 5.41) is 0. The van der Waals surface area contributed by atoms with Crippen molar-refractivity contribution in [2.24, 2.45) is 7.05 Å². The highest BCUT2D eigenvalue weighted by atomic mass is 16.5. The van der Waals surface area contributed by atoms with E-state index in [0.717, 1.165) is 29.4 Å². The summed E-state index contributed by atoms with van der Waals surface area (Å²) in [5.74, 6) is 0. The van der Waals surface area contributed by atoms with Gasteiger partial charge in [-0.25, -0.2) is 4.98 Å². The van der Waals surface area contributed by atoms with Crippen LogP contribution in [-0.2, 0) is 23.6 Å². The number of rotatable bonds is 4. The maximum absolute atomic E-state index is 10.9. The molecule has 2 heterocycles. The second-order valence-corrected chi connectivity index (χ2v) is 5.96. The SMILES string of the molecule is COCCc1c(C(C)(C)C)n(C)c2nc(C=O)cnc12. The molecule has 5 heteroatoms. The Labute approximate surface area is 119 Å². The second kappa shape index (κ2) is 5.32. The number of carbonyl (C=O) groups excluding carboxylic acids is 1. The Balaban J connectivity index is 2.74. The average Bonchev–Trinajstić information content (AvgIpc) is 2.68. The van der Waals surface area contributed by atoms with Crippen LogP contribution >= 0.6 is 0 Å². The molecule has 0 aliphatic heterocycles. The van der Waals surface area contributed by atoms with Crippen LogP contribution in [0.1, 0.15) is 42.5 Å². The van der Waals surface area contributed by atoms with E-state index in [1.165, 1.54) is 11.9 Å². The predicted molar refractivity (Wildman–Crippen MR) is 78.2 cm³/mol. The molecule has 0 bridgehead atoms. The summed E-state index contributed by atoms with van der Waals surface area (Å²) in [6.45, 7) is 7.13. The summed E-state index contributed by atoms with van der Waals surface area (Å²) in [6.07, 6.45) is 3.04. The summed E-state index contributed by atoms with van der Waals surface area (Å²) in [7, 11) is 3.67. The van der Waals surface area contributed by atoms with E-state index in [9.17, 15) is 4.79 Å². The van der Waals surface area contributed by atoms with Gasteiger partial charge in [0.25, 0.3) is 0 Å². The molecule has 2 aromatic rings. The van der Waals surface area contributed by atoms with Crippen molar-refractivity contribution >= 4 is 17.5 Å². The van der Waals surface area contributed by atoms with Crippen molar-refractivity contribution in [2.75, 3.05) is 13.7 Å². The molecule has 0 fully saturated rings. The molecule has 20 heavy (non-hydrogen) atoms. The minimum atomic E-state index is -0.0262. The van der Waals surface area contributed by atoms with Crippen molar-refractivity contribution in [1.29, 1.82) is 0 Å². The molecular formula is C15H21N3O2. The van der Waals surface area contributed by atoms with Crippen LogP contribution in [0.5, 0.6) is 0 Å². The molecule has 2 aromatic heterocycles. The van der Waals surface area contributed by atoms with Gasteiger partial charge >= 0.3 is 0 Å². The predicted octanol–water partition coefficient (Wildman–Crippen LogP) is 2.27. The van der Waals surface area contributed by atoms with Gasteiger partial charge in [-0.15, -0.1) is 0 Å². The lowest BCUT2D eigenvalue weighted by molar-refractivity contribution is 0.111. The molecule has 0 saturated heterocycles. The van der Waals surface area contributed by atoms with Gasteiger partial charge in [-0.1, -0.05) is 20.8 Å². The molecule has 0 aliphatic rings. The number of hydrogen-bond acceptors (Lipinski definition) is 4. The fourth-order valence-electron chi connectivity index (χ4n) is 2.71. The normalized spacial score (nSPS) is 12.1. The molecule has 2 rings (SSSR count). The molecule has 0 atom stereocenters. The first kappa shape index (κ1) is 14.7. The van der Waals surface area contributed by atoms with Gasteiger partial charge in [0.05, 0.1) is 12.8 Å². The van der Waals surface area contributed by atoms with Crippen molar-refractivity contribution in [3.8, 4) is 0 Å². The van der Waals surface area contributed by atoms with E-state index in [2.05, 4.69) is 30.7 Å². The van der Waals surface area contributed by atoms with E-state index in [1.807, 2.05) is 11.6 Å². The van der Waals surface area contributed by atoms with E-state index in [0.29, 0.717) is 12.3 Å². The molecule has 0 aliphatic carbocycles. The van der Waals surface area contributed by atoms with Crippen LogP contribution in [-0.4, -0.2) is 34.5 Å². The molecule has 0 spiro atoms. The van der Waals surface area contributed by atoms with Crippen LogP contribution in [0.3, 0.4) is 0 Å². The number of methoxy groups -OCH3 is 1. The molecule has 0 aromatic carbocycles. The summed E-state index contributed by atoms with van der Waals surface area (Å²) < 4.78 is 7.24. The van der Waals surface area contributed by atoms with E-state index in [4.69, 9.17) is 4.74 Å². The van der Waals surface area contributed by atoms with Crippen LogP contribution in [0.4, 0.5) is 0 Å². The molecular weight excluding hydrogens is 254 g/mol. The Morgan fingerprint density at radius 3 is 2.65 bits per heavy atom. The first-order chi connectivity index (χ1) is 9.40. The number of aldehydes is 1. The third kappa shape index (κ3) is 2.45. The second-order valence-electron chi connectivity index (χ2n) is 5.96. The van der Waals surface area contributed by atoms with Crippen LogP contribution in [0.25, 0.3) is 11.2 Å². The first-order valence-electron chi connectivity index (χ1n) is 6.69. The van der Waals surface area contributed by atoms with Crippen molar-refractivity contribution in [3.05, 3.63) is 23.1 Å². The molecule has 5 nitrogen and oxygen atoms in total. The maximum atomic E-state index is 10.9. The van der Waals surface area contributed by atoms with Crippen molar-refractivity contribution < 1.29 is 9.53 Å². The fourth-order valence-corrected chi connectivity index (χ4v) is 2.71. The Morgan fingerprint density at radius 2 is 2.10 bits per heavy atom. The third-order valence-corrected chi connectivity index (χ3v) is 3.38. The number of nitrogens with zero attached hydrogens (tertiary/aromatic N) is 3. The summed E-state index contributed by atoms with van der Waals surface area (Å²) in [5.41, 5.74) is 4.29. The van der Waals surface area contributed by atoms with Gasteiger partial charge in [0.2, 0.25) is 0 Å². The van der Waals surface area contributed by atoms with Crippen molar-refractivity contribution in [2.45, 2.75) is 32.6 Å². The number of carbonyl (C=O) groups is 1. The highest BCUT2D eigenvalue weighted by molar-refractivity contribution is 5.82. The largest absolute Gasteiger partial charge is 0.384 e. The number of aryl methyl sites for hydroxylation is 1. The Kier molecular flexibility index (Phi) is 3.90. The van der Waals surface area contributed by atoms with Crippen LogP contribution < -0.4 is 0 Å². The van der Waals surface area contributed by atoms with Crippen LogP contribution in [0.2, 0.25) is 0 Å². The topological polar surface area (TPSA) is 57.0 Å². The van der Waals surface area contributed by atoms with E-state index in [-0.39, 0.29) is 5.41 Å². The smallest absolute Gasteiger partial charge is 0.170 e. The van der Waals surface area contributed by atoms with E-state index < -0.39 is 0 Å². The van der Waals surface area contributed by atoms with Gasteiger partial charge in [-0.3, -0.25) is 9.78 Å². The number of aromatic nitrogens is 3. The number of ether oxygens (including phenoxy) is 1. The Hall–Kier alpha value is -1.75. The monoisotopic (exact) mass is 275 g/mol. The highest BCUT2D eigenvalue weighted by Crippen LogP contribution is 2.32. The molecule has 0 amide bonds. The van der Waals surface area contributed by atoms with Crippen molar-refractivity contribution in [3.63, 3.8) is 0 Å². The molecule has 0 radical (unpaired) electrons. The van der Waals surface area contributed by atoms with E-state index >= 15 is 0 Å². The summed E-state index contributed by atoms with van der Waals surface area (Å²) in [4.78, 5) is 19.7. The van der Waals surface area contributed by atoms with Gasteiger partial charge in [0, 0.05) is 30.8 Å². The zero-order valence-corrected chi connectivity index (χ0v) is 12.7. The van der Waals surface area contributed by atoms with Gasteiger partial charge in [-0.05, 0) is 6.42 Å². The average molecular weight is 275 g/mol. The quantitative estimate of drug-likeness (QED) is 0.803. The zero-order valence-electron chi connectivity index (χ0n) is 12.7. The lowest BCUT2D eigenvalue weighted by Gasteiger charge is -2.22. The minimum absolute atomic E-state index is 0.0262. The van der Waals surface area contributed by atoms with E-state index in [1.54, 1.807) is 7.11 Å². The maximum Gasteiger partial charge on any atom is 0.170 e. The molecule has 0 saturated carbocycles. The lowest BCUT2D eigenvalue weighted by Crippen LogP contribution is -2.18. The van der Waals surface area contributed by atoms with Gasteiger partial charge < -0.3 is 9.30 Å². The highest BCUT2D eigenvalue weighted by Gasteiger charge is 2.26. The standard InChI is InChI=1S/C15H21N3O2/c1-15(2,3)13-11(6-7-20-5)12-14(18(13)4)17-10(9-19)8-16-12/h8-9H,6-7H2,1-5H3. The summed E-state index contributed by atoms with van der Waals surface area (Å²) in [6, 6.07) is 0. The van der Waals surface area contributed by atoms with Gasteiger partial charge in [0.1, 0.15) is 11.2 Å².